The normalized spacial score (nSPS) is 15.9. The molecule has 9 aromatic rings. The van der Waals surface area contributed by atoms with E-state index in [0.717, 1.165) is 33.7 Å². The molecule has 5 heterocycles. The Morgan fingerprint density at radius 3 is 1.56 bits per heavy atom. The lowest BCUT2D eigenvalue weighted by Gasteiger charge is -2.49. The van der Waals surface area contributed by atoms with Crippen molar-refractivity contribution >= 4 is 86.8 Å². The van der Waals surface area contributed by atoms with Gasteiger partial charge in [-0.05, 0) is 55.9 Å². The van der Waals surface area contributed by atoms with Crippen molar-refractivity contribution in [3.05, 3.63) is 188 Å². The van der Waals surface area contributed by atoms with Crippen molar-refractivity contribution in [1.29, 1.82) is 0 Å². The zero-order valence-electron chi connectivity index (χ0n) is 31.7. The minimum absolute atomic E-state index is 0.00553. The molecule has 1 unspecified atom stereocenters. The molecule has 8 aromatic carbocycles. The van der Waals surface area contributed by atoms with Crippen molar-refractivity contribution in [2.24, 2.45) is 0 Å². The van der Waals surface area contributed by atoms with Gasteiger partial charge >= 0.3 is 0 Å². The highest BCUT2D eigenvalue weighted by molar-refractivity contribution is 8.00. The zero-order chi connectivity index (χ0) is 38.7. The van der Waals surface area contributed by atoms with Crippen LogP contribution in [0.5, 0.6) is 11.5 Å². The van der Waals surface area contributed by atoms with Crippen molar-refractivity contribution in [1.82, 2.24) is 15.0 Å². The fraction of sp³-hybridized carbons (Fsp3) is 0. The third-order valence-electron chi connectivity index (χ3n) is 12.8. The zero-order valence-corrected chi connectivity index (χ0v) is 33.5. The van der Waals surface area contributed by atoms with Crippen molar-refractivity contribution in [2.75, 3.05) is 0 Å². The monoisotopic (exact) mass is 783 g/mol. The topological polar surface area (TPSA) is 47.9 Å². The first-order valence-corrected chi connectivity index (χ1v) is 23.0. The molecule has 0 aliphatic carbocycles. The van der Waals surface area contributed by atoms with Crippen LogP contribution >= 0.6 is 11.8 Å². The molecule has 1 aromatic heterocycles. The second-order valence-corrected chi connectivity index (χ2v) is 20.5. The number of hydrogen-bond donors (Lipinski definition) is 0. The van der Waals surface area contributed by atoms with E-state index in [1.807, 2.05) is 72.4 Å². The van der Waals surface area contributed by atoms with Gasteiger partial charge in [0, 0.05) is 26.5 Å². The second-order valence-electron chi connectivity index (χ2n) is 15.8. The number of aromatic nitrogens is 3. The van der Waals surface area contributed by atoms with Crippen LogP contribution in [-0.2, 0) is 0 Å². The van der Waals surface area contributed by atoms with Gasteiger partial charge < -0.3 is 4.74 Å². The summed E-state index contributed by atoms with van der Waals surface area (Å²) in [5.74, 6) is 3.65. The summed E-state index contributed by atoms with van der Waals surface area (Å²) in [4.78, 5) is 17.8. The Bertz CT molecular complexity index is 3160. The van der Waals surface area contributed by atoms with Crippen molar-refractivity contribution in [3.63, 3.8) is 0 Å². The quantitative estimate of drug-likeness (QED) is 0.248. The Morgan fingerprint density at radius 2 is 0.881 bits per heavy atom. The molecule has 0 bridgehead atoms. The summed E-state index contributed by atoms with van der Waals surface area (Å²) in [6, 6.07) is 68.5. The molecular formula is C51H31B2N3OSSi. The molecule has 4 nitrogen and oxygen atoms in total. The molecule has 0 N–H and O–H groups in total. The number of hydrogen-bond acceptors (Lipinski definition) is 5. The smallest absolute Gasteiger partial charge is 0.250 e. The van der Waals surface area contributed by atoms with Crippen molar-refractivity contribution in [3.8, 4) is 45.7 Å². The van der Waals surface area contributed by atoms with Gasteiger partial charge in [0.25, 0.3) is 6.71 Å². The van der Waals surface area contributed by atoms with E-state index in [-0.39, 0.29) is 13.4 Å². The average Bonchev–Trinajstić information content (AvgIpc) is 3.31. The van der Waals surface area contributed by atoms with Gasteiger partial charge in [-0.1, -0.05) is 197 Å². The highest BCUT2D eigenvalue weighted by Gasteiger charge is 2.57. The fourth-order valence-electron chi connectivity index (χ4n) is 10.5. The van der Waals surface area contributed by atoms with Gasteiger partial charge in [0.05, 0.1) is 0 Å². The number of nitrogens with zero attached hydrogens (tertiary/aromatic N) is 3. The fourth-order valence-corrected chi connectivity index (χ4v) is 17.6. The van der Waals surface area contributed by atoms with Gasteiger partial charge in [0.15, 0.2) is 25.5 Å². The first-order chi connectivity index (χ1) is 29.3. The third-order valence-corrected chi connectivity index (χ3v) is 19.0. The molecule has 0 fully saturated rings. The highest BCUT2D eigenvalue weighted by atomic mass is 32.2. The van der Waals surface area contributed by atoms with Crippen LogP contribution in [0.1, 0.15) is 0 Å². The summed E-state index contributed by atoms with van der Waals surface area (Å²) in [7, 11) is -2.87. The molecule has 13 rings (SSSR count). The van der Waals surface area contributed by atoms with Gasteiger partial charge in [0.2, 0.25) is 6.71 Å². The van der Waals surface area contributed by atoms with Crippen molar-refractivity contribution in [2.45, 2.75) is 9.79 Å². The summed E-state index contributed by atoms with van der Waals surface area (Å²) in [6.45, 7) is 0.194. The molecular weight excluding hydrogens is 752 g/mol. The minimum Gasteiger partial charge on any atom is -0.458 e. The van der Waals surface area contributed by atoms with E-state index in [4.69, 9.17) is 19.7 Å². The predicted octanol–water partition coefficient (Wildman–Crippen LogP) is 4.48. The maximum Gasteiger partial charge on any atom is 0.250 e. The van der Waals surface area contributed by atoms with Gasteiger partial charge in [-0.2, -0.15) is 0 Å². The van der Waals surface area contributed by atoms with Gasteiger partial charge in [-0.25, -0.2) is 15.0 Å². The third kappa shape index (κ3) is 4.67. The molecule has 4 aliphatic rings. The summed E-state index contributed by atoms with van der Waals surface area (Å²) in [5, 5.41) is 5.87. The molecule has 0 radical (unpaired) electrons. The molecule has 0 saturated heterocycles. The number of rotatable bonds is 3. The molecule has 0 amide bonds. The summed E-state index contributed by atoms with van der Waals surface area (Å²) in [6.07, 6.45) is 0. The van der Waals surface area contributed by atoms with Crippen LogP contribution in [0.2, 0.25) is 0 Å². The van der Waals surface area contributed by atoms with Crippen LogP contribution in [0.15, 0.2) is 198 Å². The van der Waals surface area contributed by atoms with Gasteiger partial charge in [-0.15, -0.1) is 0 Å². The van der Waals surface area contributed by atoms with Crippen LogP contribution in [0.3, 0.4) is 0 Å². The lowest BCUT2D eigenvalue weighted by Crippen LogP contribution is -2.93. The summed E-state index contributed by atoms with van der Waals surface area (Å²) >= 11 is 1.93. The van der Waals surface area contributed by atoms with E-state index in [1.165, 1.54) is 57.9 Å². The van der Waals surface area contributed by atoms with Gasteiger partial charge in [0.1, 0.15) is 11.5 Å². The molecule has 1 atom stereocenters. The molecule has 272 valence electrons. The van der Waals surface area contributed by atoms with E-state index in [1.54, 1.807) is 0 Å². The Balaban J connectivity index is 1.02. The first kappa shape index (κ1) is 33.3. The SMILES string of the molecule is c1ccc(-c2nc(-c3ccccc3)nc(-c3ccc4c(c3)Oc3cccc5c3B4c3ccccc3[Si]53c4ccccc4B4c5ccccc5Sc5cccc3c54)n2)cc1. The largest absolute Gasteiger partial charge is 0.458 e. The molecule has 0 saturated carbocycles. The van der Waals surface area contributed by atoms with E-state index >= 15 is 0 Å². The highest BCUT2D eigenvalue weighted by Crippen LogP contribution is 2.34. The standard InChI is InChI=1S/C51H31B2N3OSSi/c1-3-15-32(16-4-1)49-54-50(33-17-5-2-6-18-33)56-51(55-49)34-29-30-35-40(31-34)57-39-22-13-27-45-47(39)52(35)37-20-8-11-25-43(37)59(45)44-26-12-9-21-38(44)53-36-19-7-10-23-41(36)58-42-24-14-28-46(59)48(42)53/h1-31H. The number of benzene rings is 8. The molecule has 1 spiro atoms. The van der Waals surface area contributed by atoms with E-state index in [9.17, 15) is 0 Å². The Kier molecular flexibility index (Phi) is 7.12. The molecule has 4 aliphatic heterocycles. The van der Waals surface area contributed by atoms with Crippen molar-refractivity contribution < 1.29 is 4.74 Å². The minimum atomic E-state index is -2.87. The van der Waals surface area contributed by atoms with E-state index in [2.05, 4.69) is 127 Å². The Labute approximate surface area is 348 Å². The first-order valence-electron chi connectivity index (χ1n) is 20.2. The molecule has 8 heteroatoms. The molecule has 59 heavy (non-hydrogen) atoms. The lowest BCUT2D eigenvalue weighted by atomic mass is 9.35. The summed E-state index contributed by atoms with van der Waals surface area (Å²) in [5.41, 5.74) is 10.9. The van der Waals surface area contributed by atoms with E-state index in [0.29, 0.717) is 17.5 Å². The summed E-state index contributed by atoms with van der Waals surface area (Å²) < 4.78 is 7.11. The Morgan fingerprint density at radius 1 is 0.373 bits per heavy atom. The van der Waals surface area contributed by atoms with Gasteiger partial charge in [-0.3, -0.25) is 0 Å². The maximum absolute atomic E-state index is 7.11. The van der Waals surface area contributed by atoms with Crippen LogP contribution in [0.4, 0.5) is 0 Å². The van der Waals surface area contributed by atoms with E-state index < -0.39 is 8.07 Å². The lowest BCUT2D eigenvalue weighted by molar-refractivity contribution is 0.488. The number of fused-ring (bicyclic) bond motifs is 12. The van der Waals surface area contributed by atoms with Crippen LogP contribution < -0.4 is 58.3 Å². The maximum atomic E-state index is 7.11. The Hall–Kier alpha value is -6.73. The van der Waals surface area contributed by atoms with Crippen LogP contribution in [0.25, 0.3) is 34.2 Å². The predicted molar refractivity (Wildman–Crippen MR) is 246 cm³/mol. The number of ether oxygens (including phenoxy) is 1. The van der Waals surface area contributed by atoms with Crippen LogP contribution in [0, 0.1) is 0 Å². The second kappa shape index (κ2) is 12.6. The average molecular weight is 784 g/mol. The van der Waals surface area contributed by atoms with Crippen LogP contribution in [-0.4, -0.2) is 36.5 Å².